The van der Waals surface area contributed by atoms with E-state index in [-0.39, 0.29) is 5.02 Å². The lowest BCUT2D eigenvalue weighted by molar-refractivity contribution is -0.131. The van der Waals surface area contributed by atoms with Crippen LogP contribution in [0.5, 0.6) is 5.75 Å². The molecule has 0 aromatic heterocycles. The molecule has 0 aliphatic rings. The number of benzene rings is 1. The Hall–Kier alpha value is -1.62. The molecule has 0 bridgehead atoms. The van der Waals surface area contributed by atoms with E-state index in [2.05, 4.69) is 4.74 Å². The number of carbonyl (C=O) groups is 2. The Bertz CT molecular complexity index is 430. The first-order valence-corrected chi connectivity index (χ1v) is 4.15. The Morgan fingerprint density at radius 2 is 2.07 bits per heavy atom. The quantitative estimate of drug-likeness (QED) is 0.637. The molecule has 15 heavy (non-hydrogen) atoms. The number of hydrogen-bond acceptors (Lipinski definition) is 3. The summed E-state index contributed by atoms with van der Waals surface area (Å²) in [6, 6.07) is 1.97. The number of ether oxygens (including phenoxy) is 1. The summed E-state index contributed by atoms with van der Waals surface area (Å²) in [5.41, 5.74) is -0.407. The lowest BCUT2D eigenvalue weighted by atomic mass is 10.1. The predicted molar refractivity (Wildman–Crippen MR) is 49.9 cm³/mol. The lowest BCUT2D eigenvalue weighted by Crippen LogP contribution is -2.14. The fourth-order valence-electron chi connectivity index (χ4n) is 1.05. The van der Waals surface area contributed by atoms with E-state index >= 15 is 0 Å². The zero-order valence-electron chi connectivity index (χ0n) is 7.58. The maximum Gasteiger partial charge on any atom is 0.377 e. The summed E-state index contributed by atoms with van der Waals surface area (Å²) in [5, 5.41) is 8.40. The zero-order valence-corrected chi connectivity index (χ0v) is 8.34. The highest BCUT2D eigenvalue weighted by molar-refractivity contribution is 6.41. The molecule has 0 aliphatic carbocycles. The molecule has 6 heteroatoms. The topological polar surface area (TPSA) is 63.6 Å². The third kappa shape index (κ3) is 2.24. The van der Waals surface area contributed by atoms with Crippen LogP contribution >= 0.6 is 11.6 Å². The van der Waals surface area contributed by atoms with Gasteiger partial charge in [0.1, 0.15) is 0 Å². The van der Waals surface area contributed by atoms with Crippen molar-refractivity contribution in [2.75, 3.05) is 7.11 Å². The van der Waals surface area contributed by atoms with Gasteiger partial charge in [0.2, 0.25) is 0 Å². The van der Waals surface area contributed by atoms with Gasteiger partial charge in [-0.1, -0.05) is 11.6 Å². The molecule has 1 aromatic carbocycles. The fraction of sp³-hybridized carbons (Fsp3) is 0.111. The molecule has 1 aromatic rings. The first kappa shape index (κ1) is 11.5. The standard InChI is InChI=1S/C9H6ClFO4/c1-15-8-5(7(12)9(13)14)2-4(10)3-6(8)11/h2-3H,1H3,(H,13,14). The Balaban J connectivity index is 3.38. The first-order chi connectivity index (χ1) is 6.97. The molecule has 0 saturated carbocycles. The SMILES string of the molecule is COc1c(F)cc(Cl)cc1C(=O)C(=O)O. The predicted octanol–water partition coefficient (Wildman–Crippen LogP) is 1.75. The highest BCUT2D eigenvalue weighted by Crippen LogP contribution is 2.27. The van der Waals surface area contributed by atoms with Crippen LogP contribution in [0.4, 0.5) is 4.39 Å². The van der Waals surface area contributed by atoms with Gasteiger partial charge >= 0.3 is 5.97 Å². The molecule has 0 radical (unpaired) electrons. The van der Waals surface area contributed by atoms with Crippen LogP contribution in [0.25, 0.3) is 0 Å². The monoisotopic (exact) mass is 232 g/mol. The van der Waals surface area contributed by atoms with Gasteiger partial charge in [-0.3, -0.25) is 4.79 Å². The Morgan fingerprint density at radius 1 is 1.47 bits per heavy atom. The van der Waals surface area contributed by atoms with E-state index in [0.717, 1.165) is 19.2 Å². The first-order valence-electron chi connectivity index (χ1n) is 3.78. The van der Waals surface area contributed by atoms with Crippen molar-refractivity contribution in [3.05, 3.63) is 28.5 Å². The molecule has 0 heterocycles. The van der Waals surface area contributed by atoms with Crippen LogP contribution in [0.2, 0.25) is 5.02 Å². The number of rotatable bonds is 3. The molecule has 80 valence electrons. The van der Waals surface area contributed by atoms with Crippen molar-refractivity contribution in [3.63, 3.8) is 0 Å². The summed E-state index contributed by atoms with van der Waals surface area (Å²) < 4.78 is 17.8. The summed E-state index contributed by atoms with van der Waals surface area (Å²) >= 11 is 5.49. The van der Waals surface area contributed by atoms with Crippen molar-refractivity contribution in [1.29, 1.82) is 0 Å². The number of aliphatic carboxylic acids is 1. The molecule has 0 atom stereocenters. The zero-order chi connectivity index (χ0) is 11.6. The summed E-state index contributed by atoms with van der Waals surface area (Å²) in [6.07, 6.45) is 0. The molecule has 1 N–H and O–H groups in total. The maximum absolute atomic E-state index is 13.2. The van der Waals surface area contributed by atoms with E-state index in [1.54, 1.807) is 0 Å². The summed E-state index contributed by atoms with van der Waals surface area (Å²) in [6.45, 7) is 0. The minimum absolute atomic E-state index is 0.0714. The molecule has 0 saturated heterocycles. The third-order valence-corrected chi connectivity index (χ3v) is 1.87. The molecule has 0 fully saturated rings. The Morgan fingerprint density at radius 3 is 2.53 bits per heavy atom. The van der Waals surface area contributed by atoms with Gasteiger partial charge < -0.3 is 9.84 Å². The van der Waals surface area contributed by atoms with Crippen LogP contribution in [0.1, 0.15) is 10.4 Å². The van der Waals surface area contributed by atoms with Crippen molar-refractivity contribution in [1.82, 2.24) is 0 Å². The van der Waals surface area contributed by atoms with E-state index in [4.69, 9.17) is 16.7 Å². The molecule has 0 amide bonds. The number of methoxy groups -OCH3 is 1. The van der Waals surface area contributed by atoms with Crippen molar-refractivity contribution in [2.24, 2.45) is 0 Å². The van der Waals surface area contributed by atoms with Gasteiger partial charge in [-0.05, 0) is 12.1 Å². The van der Waals surface area contributed by atoms with E-state index in [1.165, 1.54) is 0 Å². The van der Waals surface area contributed by atoms with Crippen molar-refractivity contribution in [3.8, 4) is 5.75 Å². The van der Waals surface area contributed by atoms with Gasteiger partial charge in [-0.25, -0.2) is 9.18 Å². The van der Waals surface area contributed by atoms with Gasteiger partial charge in [-0.2, -0.15) is 0 Å². The van der Waals surface area contributed by atoms with Gasteiger partial charge in [0.25, 0.3) is 5.78 Å². The normalized spacial score (nSPS) is 9.80. The molecule has 0 aliphatic heterocycles. The highest BCUT2D eigenvalue weighted by atomic mass is 35.5. The molecular formula is C9H6ClFO4. The Kier molecular flexibility index (Phi) is 3.26. The number of ketones is 1. The summed E-state index contributed by atoms with van der Waals surface area (Å²) in [7, 11) is 1.13. The lowest BCUT2D eigenvalue weighted by Gasteiger charge is -2.06. The number of carboxylic acids is 1. The fourth-order valence-corrected chi connectivity index (χ4v) is 1.26. The minimum atomic E-state index is -1.70. The largest absolute Gasteiger partial charge is 0.493 e. The average molecular weight is 233 g/mol. The van der Waals surface area contributed by atoms with E-state index < -0.39 is 28.9 Å². The highest BCUT2D eigenvalue weighted by Gasteiger charge is 2.22. The van der Waals surface area contributed by atoms with Gasteiger partial charge in [0, 0.05) is 5.02 Å². The summed E-state index contributed by atoms with van der Waals surface area (Å²) in [4.78, 5) is 21.5. The van der Waals surface area contributed by atoms with Gasteiger partial charge in [-0.15, -0.1) is 0 Å². The number of carbonyl (C=O) groups excluding carboxylic acids is 1. The van der Waals surface area contributed by atoms with Gasteiger partial charge in [0.15, 0.2) is 11.6 Å². The Labute approximate surface area is 89.2 Å². The number of hydrogen-bond donors (Lipinski definition) is 1. The van der Waals surface area contributed by atoms with E-state index in [9.17, 15) is 14.0 Å². The smallest absolute Gasteiger partial charge is 0.377 e. The molecule has 0 spiro atoms. The maximum atomic E-state index is 13.2. The van der Waals surface area contributed by atoms with Gasteiger partial charge in [0.05, 0.1) is 12.7 Å². The van der Waals surface area contributed by atoms with Crippen LogP contribution < -0.4 is 4.74 Å². The second-order valence-corrected chi connectivity index (χ2v) is 3.04. The van der Waals surface area contributed by atoms with Crippen molar-refractivity contribution in [2.45, 2.75) is 0 Å². The van der Waals surface area contributed by atoms with Crippen LogP contribution in [0.3, 0.4) is 0 Å². The van der Waals surface area contributed by atoms with E-state index in [1.807, 2.05) is 0 Å². The van der Waals surface area contributed by atoms with Crippen molar-refractivity contribution >= 4 is 23.4 Å². The third-order valence-electron chi connectivity index (χ3n) is 1.65. The second-order valence-electron chi connectivity index (χ2n) is 2.60. The number of halogens is 2. The molecular weight excluding hydrogens is 227 g/mol. The number of Topliss-reactive ketones (excluding diaryl/α,β-unsaturated/α-hetero) is 1. The van der Waals surface area contributed by atoms with Crippen molar-refractivity contribution < 1.29 is 23.8 Å². The van der Waals surface area contributed by atoms with E-state index in [0.29, 0.717) is 0 Å². The second kappa shape index (κ2) is 4.27. The number of carboxylic acid groups (broad SMARTS) is 1. The van der Waals surface area contributed by atoms with Crippen LogP contribution in [0, 0.1) is 5.82 Å². The summed E-state index contributed by atoms with van der Waals surface area (Å²) in [5.74, 6) is -4.27. The molecule has 0 unspecified atom stereocenters. The van der Waals surface area contributed by atoms with Crippen LogP contribution in [-0.4, -0.2) is 24.0 Å². The minimum Gasteiger partial charge on any atom is -0.493 e. The van der Waals surface area contributed by atoms with Crippen LogP contribution in [-0.2, 0) is 4.79 Å². The molecule has 4 nitrogen and oxygen atoms in total. The average Bonchev–Trinajstić information content (AvgIpc) is 2.15. The van der Waals surface area contributed by atoms with Crippen LogP contribution in [0.15, 0.2) is 12.1 Å². The molecule has 1 rings (SSSR count).